The summed E-state index contributed by atoms with van der Waals surface area (Å²) in [4.78, 5) is 20.4. The summed E-state index contributed by atoms with van der Waals surface area (Å²) >= 11 is 0. The molecule has 98 valence electrons. The lowest BCUT2D eigenvalue weighted by atomic mass is 10.2. The summed E-state index contributed by atoms with van der Waals surface area (Å²) < 4.78 is 0. The maximum atomic E-state index is 11.5. The van der Waals surface area contributed by atoms with Crippen molar-refractivity contribution in [1.82, 2.24) is 15.3 Å². The van der Waals surface area contributed by atoms with Crippen molar-refractivity contribution in [3.05, 3.63) is 42.5 Å². The number of rotatable bonds is 4. The highest BCUT2D eigenvalue weighted by atomic mass is 16.2. The van der Waals surface area contributed by atoms with Crippen LogP contribution in [0.25, 0.3) is 0 Å². The molecule has 0 bridgehead atoms. The van der Waals surface area contributed by atoms with Crippen LogP contribution in [0.4, 0.5) is 16.2 Å². The van der Waals surface area contributed by atoms with Crippen LogP contribution in [0, 0.1) is 0 Å². The number of amides is 2. The van der Waals surface area contributed by atoms with E-state index in [0.717, 1.165) is 23.7 Å². The number of benzene rings is 1. The van der Waals surface area contributed by atoms with Crippen molar-refractivity contribution >= 4 is 17.4 Å². The summed E-state index contributed by atoms with van der Waals surface area (Å²) in [6.45, 7) is 2.08. The van der Waals surface area contributed by atoms with E-state index in [0.29, 0.717) is 13.1 Å². The second-order valence-electron chi connectivity index (χ2n) is 4.32. The molecule has 0 unspecified atom stereocenters. The van der Waals surface area contributed by atoms with Crippen LogP contribution in [0.15, 0.2) is 36.7 Å². The largest absolute Gasteiger partial charge is 0.378 e. The van der Waals surface area contributed by atoms with Gasteiger partial charge in [-0.05, 0) is 24.3 Å². The van der Waals surface area contributed by atoms with E-state index in [-0.39, 0.29) is 6.03 Å². The molecule has 0 spiro atoms. The monoisotopic (exact) mass is 257 g/mol. The predicted octanol–water partition coefficient (Wildman–Crippen LogP) is 1.55. The lowest BCUT2D eigenvalue weighted by Gasteiger charge is -2.14. The van der Waals surface area contributed by atoms with E-state index in [1.807, 2.05) is 24.3 Å². The SMILES string of the molecule is O=C1NCCN1c1ccc(NCc2ncc[nH]2)cc1. The first-order valence-electron chi connectivity index (χ1n) is 6.20. The first-order chi connectivity index (χ1) is 9.33. The van der Waals surface area contributed by atoms with E-state index in [1.54, 1.807) is 17.3 Å². The topological polar surface area (TPSA) is 73.1 Å². The Morgan fingerprint density at radius 3 is 2.79 bits per heavy atom. The van der Waals surface area contributed by atoms with Crippen molar-refractivity contribution in [2.24, 2.45) is 0 Å². The molecule has 6 nitrogen and oxygen atoms in total. The number of aromatic nitrogens is 2. The average Bonchev–Trinajstić information content (AvgIpc) is 3.08. The molecule has 19 heavy (non-hydrogen) atoms. The Kier molecular flexibility index (Phi) is 3.06. The fourth-order valence-corrected chi connectivity index (χ4v) is 2.06. The van der Waals surface area contributed by atoms with E-state index in [9.17, 15) is 4.79 Å². The Morgan fingerprint density at radius 2 is 2.16 bits per heavy atom. The molecule has 1 aromatic heterocycles. The molecule has 2 amide bonds. The maximum Gasteiger partial charge on any atom is 0.321 e. The molecule has 1 aromatic carbocycles. The molecule has 2 aromatic rings. The number of urea groups is 1. The zero-order valence-corrected chi connectivity index (χ0v) is 10.4. The van der Waals surface area contributed by atoms with Gasteiger partial charge in [0.25, 0.3) is 0 Å². The van der Waals surface area contributed by atoms with Gasteiger partial charge in [0.15, 0.2) is 0 Å². The van der Waals surface area contributed by atoms with Crippen LogP contribution < -0.4 is 15.5 Å². The van der Waals surface area contributed by atoms with E-state index < -0.39 is 0 Å². The van der Waals surface area contributed by atoms with Crippen molar-refractivity contribution in [3.8, 4) is 0 Å². The normalized spacial score (nSPS) is 14.5. The molecule has 0 atom stereocenters. The lowest BCUT2D eigenvalue weighted by Crippen LogP contribution is -2.27. The van der Waals surface area contributed by atoms with Crippen molar-refractivity contribution in [3.63, 3.8) is 0 Å². The fourth-order valence-electron chi connectivity index (χ4n) is 2.06. The molecule has 3 rings (SSSR count). The molecule has 2 heterocycles. The highest BCUT2D eigenvalue weighted by molar-refractivity contribution is 5.94. The Hall–Kier alpha value is -2.50. The van der Waals surface area contributed by atoms with Gasteiger partial charge >= 0.3 is 6.03 Å². The molecule has 1 fully saturated rings. The average molecular weight is 257 g/mol. The molecular formula is C13H15N5O. The van der Waals surface area contributed by atoms with Crippen LogP contribution in [0.3, 0.4) is 0 Å². The number of hydrogen-bond acceptors (Lipinski definition) is 3. The molecule has 6 heteroatoms. The lowest BCUT2D eigenvalue weighted by molar-refractivity contribution is 0.252. The van der Waals surface area contributed by atoms with Crippen LogP contribution in [0.2, 0.25) is 0 Å². The molecule has 0 aliphatic carbocycles. The van der Waals surface area contributed by atoms with E-state index in [2.05, 4.69) is 20.6 Å². The van der Waals surface area contributed by atoms with Gasteiger partial charge in [-0.15, -0.1) is 0 Å². The van der Waals surface area contributed by atoms with Crippen LogP contribution in [0.1, 0.15) is 5.82 Å². The predicted molar refractivity (Wildman–Crippen MR) is 73.1 cm³/mol. The molecule has 0 radical (unpaired) electrons. The molecule has 0 saturated carbocycles. The summed E-state index contributed by atoms with van der Waals surface area (Å²) in [6, 6.07) is 7.77. The Labute approximate surface area is 110 Å². The minimum absolute atomic E-state index is 0.0312. The third-order valence-electron chi connectivity index (χ3n) is 3.05. The van der Waals surface area contributed by atoms with Crippen LogP contribution in [0.5, 0.6) is 0 Å². The van der Waals surface area contributed by atoms with Gasteiger partial charge in [0.1, 0.15) is 5.82 Å². The van der Waals surface area contributed by atoms with Gasteiger partial charge in [0, 0.05) is 36.9 Å². The van der Waals surface area contributed by atoms with Gasteiger partial charge in [-0.25, -0.2) is 9.78 Å². The third-order valence-corrected chi connectivity index (χ3v) is 3.05. The van der Waals surface area contributed by atoms with Crippen molar-refractivity contribution in [1.29, 1.82) is 0 Å². The Balaban J connectivity index is 1.64. The summed E-state index contributed by atoms with van der Waals surface area (Å²) in [6.07, 6.45) is 3.53. The minimum atomic E-state index is -0.0312. The number of carbonyl (C=O) groups excluding carboxylic acids is 1. The number of aromatic amines is 1. The highest BCUT2D eigenvalue weighted by Gasteiger charge is 2.20. The van der Waals surface area contributed by atoms with Crippen LogP contribution in [-0.2, 0) is 6.54 Å². The number of imidazole rings is 1. The van der Waals surface area contributed by atoms with Crippen molar-refractivity contribution < 1.29 is 4.79 Å². The van der Waals surface area contributed by atoms with Gasteiger partial charge in [0.05, 0.1) is 6.54 Å². The highest BCUT2D eigenvalue weighted by Crippen LogP contribution is 2.19. The van der Waals surface area contributed by atoms with E-state index in [1.165, 1.54) is 0 Å². The standard InChI is InChI=1S/C13H15N5O/c19-13-16-7-8-18(13)11-3-1-10(2-4-11)17-9-12-14-5-6-15-12/h1-6,17H,7-9H2,(H,14,15)(H,16,19). The fraction of sp³-hybridized carbons (Fsp3) is 0.231. The summed E-state index contributed by atoms with van der Waals surface area (Å²) in [5.41, 5.74) is 1.92. The number of nitrogens with one attached hydrogen (secondary N) is 3. The second-order valence-corrected chi connectivity index (χ2v) is 4.32. The van der Waals surface area contributed by atoms with Gasteiger partial charge in [0.2, 0.25) is 0 Å². The molecule has 1 aliphatic rings. The van der Waals surface area contributed by atoms with Gasteiger partial charge in [-0.2, -0.15) is 0 Å². The maximum absolute atomic E-state index is 11.5. The summed E-state index contributed by atoms with van der Waals surface area (Å²) in [5.74, 6) is 0.892. The minimum Gasteiger partial charge on any atom is -0.378 e. The van der Waals surface area contributed by atoms with E-state index >= 15 is 0 Å². The first-order valence-corrected chi connectivity index (χ1v) is 6.20. The molecular weight excluding hydrogens is 242 g/mol. The summed E-state index contributed by atoms with van der Waals surface area (Å²) in [5, 5.41) is 6.05. The third kappa shape index (κ3) is 2.52. The number of H-pyrrole nitrogens is 1. The first kappa shape index (κ1) is 11.6. The molecule has 3 N–H and O–H groups in total. The van der Waals surface area contributed by atoms with E-state index in [4.69, 9.17) is 0 Å². The van der Waals surface area contributed by atoms with Crippen molar-refractivity contribution in [2.45, 2.75) is 6.54 Å². The molecule has 1 aliphatic heterocycles. The number of carbonyl (C=O) groups is 1. The zero-order chi connectivity index (χ0) is 13.1. The zero-order valence-electron chi connectivity index (χ0n) is 10.4. The summed E-state index contributed by atoms with van der Waals surface area (Å²) in [7, 11) is 0. The van der Waals surface area contributed by atoms with Crippen molar-refractivity contribution in [2.75, 3.05) is 23.3 Å². The quantitative estimate of drug-likeness (QED) is 0.778. The van der Waals surface area contributed by atoms with Gasteiger partial charge in [-0.3, -0.25) is 4.90 Å². The molecule has 1 saturated heterocycles. The number of hydrogen-bond donors (Lipinski definition) is 3. The Bertz CT molecular complexity index is 549. The van der Waals surface area contributed by atoms with Gasteiger partial charge in [-0.1, -0.05) is 0 Å². The van der Waals surface area contributed by atoms with Crippen LogP contribution in [-0.4, -0.2) is 29.1 Å². The van der Waals surface area contributed by atoms with Gasteiger partial charge < -0.3 is 15.6 Å². The van der Waals surface area contributed by atoms with Crippen LogP contribution >= 0.6 is 0 Å². The smallest absolute Gasteiger partial charge is 0.321 e. The second kappa shape index (κ2) is 5.01. The Morgan fingerprint density at radius 1 is 1.32 bits per heavy atom. The number of anilines is 2. The number of nitrogens with zero attached hydrogens (tertiary/aromatic N) is 2.